The Labute approximate surface area is 110 Å². The number of nitriles is 1. The highest BCUT2D eigenvalue weighted by molar-refractivity contribution is 5.60. The zero-order valence-corrected chi connectivity index (χ0v) is 11.1. The molecule has 1 aromatic rings. The molecular formula is C17H19N. The summed E-state index contributed by atoms with van der Waals surface area (Å²) in [7, 11) is 0. The maximum atomic E-state index is 8.26. The number of hydrogen-bond acceptors (Lipinski definition) is 1. The summed E-state index contributed by atoms with van der Waals surface area (Å²) in [6.45, 7) is 11.1. The van der Waals surface area contributed by atoms with Crippen LogP contribution in [0.25, 0.3) is 5.57 Å². The third kappa shape index (κ3) is 7.90. The van der Waals surface area contributed by atoms with Crippen LogP contribution >= 0.6 is 0 Å². The fourth-order valence-electron chi connectivity index (χ4n) is 1.04. The predicted octanol–water partition coefficient (Wildman–Crippen LogP) is 4.92. The highest BCUT2D eigenvalue weighted by Crippen LogP contribution is 2.08. The Balaban J connectivity index is 0.000000321. The SMILES string of the molecule is C=C(C)c1ccccc1.C=CC=CC=C(C)C#N. The number of nitrogens with zero attached hydrogens (tertiary/aromatic N) is 1. The van der Waals surface area contributed by atoms with Gasteiger partial charge in [0, 0.05) is 5.57 Å². The summed E-state index contributed by atoms with van der Waals surface area (Å²) in [5, 5.41) is 8.26. The molecule has 0 aliphatic carbocycles. The molecule has 0 amide bonds. The Morgan fingerprint density at radius 3 is 2.17 bits per heavy atom. The zero-order chi connectivity index (χ0) is 13.8. The molecule has 1 heteroatoms. The minimum Gasteiger partial charge on any atom is -0.193 e. The fraction of sp³-hybridized carbons (Fsp3) is 0.118. The lowest BCUT2D eigenvalue weighted by molar-refractivity contribution is 1.44. The first-order valence-corrected chi connectivity index (χ1v) is 5.68. The topological polar surface area (TPSA) is 23.8 Å². The molecule has 0 aromatic heterocycles. The lowest BCUT2D eigenvalue weighted by atomic mass is 10.1. The summed E-state index contributed by atoms with van der Waals surface area (Å²) in [6, 6.07) is 12.2. The van der Waals surface area contributed by atoms with Crippen molar-refractivity contribution in [2.45, 2.75) is 13.8 Å². The van der Waals surface area contributed by atoms with Crippen LogP contribution in [0.2, 0.25) is 0 Å². The monoisotopic (exact) mass is 237 g/mol. The third-order valence-electron chi connectivity index (χ3n) is 2.04. The first-order chi connectivity index (χ1) is 8.61. The van der Waals surface area contributed by atoms with E-state index in [0.29, 0.717) is 5.57 Å². The molecule has 0 saturated heterocycles. The summed E-state index contributed by atoms with van der Waals surface area (Å²) >= 11 is 0. The molecule has 1 aromatic carbocycles. The standard InChI is InChI=1S/C9H10.C8H9N/c1-8(2)9-6-4-3-5-7-9;1-3-4-5-6-8(2)7-9/h3-7H,1H2,2H3;3-6H,1H2,2H3. The average Bonchev–Trinajstić information content (AvgIpc) is 2.40. The van der Waals surface area contributed by atoms with Crippen LogP contribution in [0.15, 0.2) is 73.4 Å². The van der Waals surface area contributed by atoms with Gasteiger partial charge in [-0.1, -0.05) is 67.3 Å². The molecule has 0 unspecified atom stereocenters. The summed E-state index contributed by atoms with van der Waals surface area (Å²) < 4.78 is 0. The van der Waals surface area contributed by atoms with Crippen LogP contribution < -0.4 is 0 Å². The van der Waals surface area contributed by atoms with Crippen LogP contribution in [0.4, 0.5) is 0 Å². The van der Waals surface area contributed by atoms with E-state index in [2.05, 4.69) is 25.3 Å². The van der Waals surface area contributed by atoms with Crippen molar-refractivity contribution in [2.75, 3.05) is 0 Å². The van der Waals surface area contributed by atoms with Gasteiger partial charge in [0.15, 0.2) is 0 Å². The van der Waals surface area contributed by atoms with Gasteiger partial charge in [0.1, 0.15) is 0 Å². The number of hydrogen-bond donors (Lipinski definition) is 0. The van der Waals surface area contributed by atoms with Crippen LogP contribution in [-0.4, -0.2) is 0 Å². The summed E-state index contributed by atoms with van der Waals surface area (Å²) in [4.78, 5) is 0. The molecule has 0 heterocycles. The van der Waals surface area contributed by atoms with E-state index in [9.17, 15) is 0 Å². The lowest BCUT2D eigenvalue weighted by Crippen LogP contribution is -1.72. The molecule has 0 N–H and O–H groups in total. The smallest absolute Gasteiger partial charge is 0.0944 e. The van der Waals surface area contributed by atoms with Gasteiger partial charge in [-0.2, -0.15) is 5.26 Å². The molecule has 92 valence electrons. The van der Waals surface area contributed by atoms with E-state index in [4.69, 9.17) is 5.26 Å². The van der Waals surface area contributed by atoms with Crippen LogP contribution in [0.5, 0.6) is 0 Å². The Hall–Kier alpha value is -2.33. The molecule has 0 aliphatic rings. The maximum Gasteiger partial charge on any atom is 0.0944 e. The zero-order valence-electron chi connectivity index (χ0n) is 11.1. The molecule has 0 spiro atoms. The Bertz CT molecular complexity index is 470. The van der Waals surface area contributed by atoms with Crippen molar-refractivity contribution in [3.63, 3.8) is 0 Å². The molecule has 0 fully saturated rings. The van der Waals surface area contributed by atoms with E-state index in [1.54, 1.807) is 31.2 Å². The van der Waals surface area contributed by atoms with Crippen LogP contribution in [0.1, 0.15) is 19.4 Å². The number of allylic oxidation sites excluding steroid dienone is 6. The quantitative estimate of drug-likeness (QED) is 0.541. The Kier molecular flexibility index (Phi) is 8.59. The second kappa shape index (κ2) is 9.86. The first-order valence-electron chi connectivity index (χ1n) is 5.68. The molecule has 1 nitrogen and oxygen atoms in total. The molecule has 0 aliphatic heterocycles. The molecular weight excluding hydrogens is 218 g/mol. The van der Waals surface area contributed by atoms with E-state index in [1.165, 1.54) is 5.56 Å². The van der Waals surface area contributed by atoms with E-state index in [0.717, 1.165) is 5.57 Å². The second-order valence-corrected chi connectivity index (χ2v) is 3.73. The van der Waals surface area contributed by atoms with Crippen molar-refractivity contribution in [3.8, 4) is 6.07 Å². The Morgan fingerprint density at radius 2 is 1.78 bits per heavy atom. The van der Waals surface area contributed by atoms with Gasteiger partial charge >= 0.3 is 0 Å². The van der Waals surface area contributed by atoms with E-state index in [1.807, 2.05) is 31.2 Å². The van der Waals surface area contributed by atoms with Gasteiger partial charge < -0.3 is 0 Å². The van der Waals surface area contributed by atoms with Crippen molar-refractivity contribution in [1.29, 1.82) is 5.26 Å². The maximum absolute atomic E-state index is 8.26. The highest BCUT2D eigenvalue weighted by Gasteiger charge is 1.86. The Morgan fingerprint density at radius 1 is 1.17 bits per heavy atom. The summed E-state index contributed by atoms with van der Waals surface area (Å²) in [6.07, 6.45) is 6.97. The highest BCUT2D eigenvalue weighted by atomic mass is 14.2. The van der Waals surface area contributed by atoms with Crippen molar-refractivity contribution >= 4 is 5.57 Å². The predicted molar refractivity (Wildman–Crippen MR) is 79.9 cm³/mol. The van der Waals surface area contributed by atoms with Crippen molar-refractivity contribution in [2.24, 2.45) is 0 Å². The van der Waals surface area contributed by atoms with Gasteiger partial charge in [0.2, 0.25) is 0 Å². The van der Waals surface area contributed by atoms with E-state index >= 15 is 0 Å². The number of benzene rings is 1. The van der Waals surface area contributed by atoms with Gasteiger partial charge in [-0.05, 0) is 25.5 Å². The van der Waals surface area contributed by atoms with Crippen molar-refractivity contribution in [1.82, 2.24) is 0 Å². The van der Waals surface area contributed by atoms with E-state index in [-0.39, 0.29) is 0 Å². The van der Waals surface area contributed by atoms with Gasteiger partial charge in [-0.3, -0.25) is 0 Å². The van der Waals surface area contributed by atoms with Crippen LogP contribution in [-0.2, 0) is 0 Å². The summed E-state index contributed by atoms with van der Waals surface area (Å²) in [5.74, 6) is 0. The van der Waals surface area contributed by atoms with Gasteiger partial charge in [0.25, 0.3) is 0 Å². The van der Waals surface area contributed by atoms with Crippen LogP contribution in [0, 0.1) is 11.3 Å². The van der Waals surface area contributed by atoms with Crippen LogP contribution in [0.3, 0.4) is 0 Å². The van der Waals surface area contributed by atoms with Gasteiger partial charge in [-0.15, -0.1) is 0 Å². The average molecular weight is 237 g/mol. The minimum atomic E-state index is 0.702. The molecule has 0 bridgehead atoms. The largest absolute Gasteiger partial charge is 0.193 e. The normalized spacial score (nSPS) is 10.2. The molecule has 0 atom stereocenters. The first kappa shape index (κ1) is 15.7. The second-order valence-electron chi connectivity index (χ2n) is 3.73. The lowest BCUT2D eigenvalue weighted by Gasteiger charge is -1.94. The van der Waals surface area contributed by atoms with Gasteiger partial charge in [0.05, 0.1) is 6.07 Å². The van der Waals surface area contributed by atoms with Crippen molar-refractivity contribution in [3.05, 3.63) is 78.9 Å². The summed E-state index contributed by atoms with van der Waals surface area (Å²) in [5.41, 5.74) is 3.04. The third-order valence-corrected chi connectivity index (χ3v) is 2.04. The molecule has 0 radical (unpaired) electrons. The van der Waals surface area contributed by atoms with Gasteiger partial charge in [-0.25, -0.2) is 0 Å². The fourth-order valence-corrected chi connectivity index (χ4v) is 1.04. The molecule has 1 rings (SSSR count). The molecule has 18 heavy (non-hydrogen) atoms. The molecule has 0 saturated carbocycles. The minimum absolute atomic E-state index is 0.702. The number of rotatable bonds is 3. The van der Waals surface area contributed by atoms with E-state index < -0.39 is 0 Å². The van der Waals surface area contributed by atoms with Crippen molar-refractivity contribution < 1.29 is 0 Å².